The fourth-order valence-electron chi connectivity index (χ4n) is 5.00. The maximum atomic E-state index is 12.8. The summed E-state index contributed by atoms with van der Waals surface area (Å²) in [6.45, 7) is 8.90. The zero-order valence-electron chi connectivity index (χ0n) is 18.5. The third-order valence-electron chi connectivity index (χ3n) is 6.68. The molecule has 4 nitrogen and oxygen atoms in total. The van der Waals surface area contributed by atoms with Gasteiger partial charge in [0.05, 0.1) is 6.04 Å². The van der Waals surface area contributed by atoms with Gasteiger partial charge in [-0.3, -0.25) is 0 Å². The second-order valence-corrected chi connectivity index (χ2v) is 8.98. The SMILES string of the molecule is CCCCCCC(C)C1C(c2ccccc2)OC(=O)N1CCCN1CCCCC1. The van der Waals surface area contributed by atoms with Crippen molar-refractivity contribution in [3.8, 4) is 0 Å². The van der Waals surface area contributed by atoms with Crippen LogP contribution in [0.4, 0.5) is 4.79 Å². The molecule has 1 aromatic rings. The van der Waals surface area contributed by atoms with Gasteiger partial charge >= 0.3 is 6.09 Å². The number of amides is 1. The van der Waals surface area contributed by atoms with Crippen molar-refractivity contribution in [1.82, 2.24) is 9.80 Å². The predicted octanol–water partition coefficient (Wildman–Crippen LogP) is 6.03. The molecule has 0 saturated carbocycles. The lowest BCUT2D eigenvalue weighted by atomic mass is 9.88. The molecule has 0 aliphatic carbocycles. The smallest absolute Gasteiger partial charge is 0.410 e. The number of cyclic esters (lactones) is 1. The molecule has 3 atom stereocenters. The Kier molecular flexibility index (Phi) is 8.85. The molecule has 29 heavy (non-hydrogen) atoms. The Morgan fingerprint density at radius 1 is 1.00 bits per heavy atom. The van der Waals surface area contributed by atoms with Crippen molar-refractivity contribution in [3.63, 3.8) is 0 Å². The molecule has 162 valence electrons. The highest BCUT2D eigenvalue weighted by Crippen LogP contribution is 2.38. The molecule has 2 aliphatic rings. The van der Waals surface area contributed by atoms with Crippen LogP contribution in [0.25, 0.3) is 0 Å². The maximum absolute atomic E-state index is 12.8. The molecule has 0 bridgehead atoms. The van der Waals surface area contributed by atoms with Crippen LogP contribution < -0.4 is 0 Å². The van der Waals surface area contributed by atoms with Gasteiger partial charge in [0.1, 0.15) is 6.10 Å². The third kappa shape index (κ3) is 6.21. The van der Waals surface area contributed by atoms with Gasteiger partial charge in [-0.25, -0.2) is 4.79 Å². The molecule has 2 heterocycles. The van der Waals surface area contributed by atoms with Crippen molar-refractivity contribution in [3.05, 3.63) is 35.9 Å². The van der Waals surface area contributed by atoms with E-state index in [2.05, 4.69) is 30.9 Å². The molecule has 4 heteroatoms. The predicted molar refractivity (Wildman–Crippen MR) is 119 cm³/mol. The second kappa shape index (κ2) is 11.6. The fraction of sp³-hybridized carbons (Fsp3) is 0.720. The minimum absolute atomic E-state index is 0.122. The average molecular weight is 401 g/mol. The van der Waals surface area contributed by atoms with Gasteiger partial charge in [-0.15, -0.1) is 0 Å². The highest BCUT2D eigenvalue weighted by Gasteiger charge is 2.44. The zero-order chi connectivity index (χ0) is 20.5. The van der Waals surface area contributed by atoms with E-state index in [4.69, 9.17) is 4.74 Å². The molecule has 2 saturated heterocycles. The van der Waals surface area contributed by atoms with E-state index in [0.29, 0.717) is 5.92 Å². The van der Waals surface area contributed by atoms with Crippen LogP contribution in [-0.4, -0.2) is 48.1 Å². The average Bonchev–Trinajstić information content (AvgIpc) is 3.09. The molecule has 1 aromatic carbocycles. The van der Waals surface area contributed by atoms with Gasteiger partial charge in [-0.1, -0.05) is 76.3 Å². The largest absolute Gasteiger partial charge is 0.439 e. The van der Waals surface area contributed by atoms with Crippen molar-refractivity contribution < 1.29 is 9.53 Å². The van der Waals surface area contributed by atoms with Crippen molar-refractivity contribution in [1.29, 1.82) is 0 Å². The summed E-state index contributed by atoms with van der Waals surface area (Å²) >= 11 is 0. The molecule has 1 amide bonds. The van der Waals surface area contributed by atoms with Crippen LogP contribution in [0.15, 0.2) is 30.3 Å². The highest BCUT2D eigenvalue weighted by atomic mass is 16.6. The van der Waals surface area contributed by atoms with E-state index in [1.165, 1.54) is 58.0 Å². The van der Waals surface area contributed by atoms with E-state index < -0.39 is 0 Å². The molecule has 0 N–H and O–H groups in total. The summed E-state index contributed by atoms with van der Waals surface area (Å²) in [7, 11) is 0. The first-order valence-corrected chi connectivity index (χ1v) is 11.9. The maximum Gasteiger partial charge on any atom is 0.410 e. The summed E-state index contributed by atoms with van der Waals surface area (Å²) in [5.74, 6) is 0.443. The van der Waals surface area contributed by atoms with Gasteiger partial charge in [-0.2, -0.15) is 0 Å². The lowest BCUT2D eigenvalue weighted by molar-refractivity contribution is 0.123. The number of benzene rings is 1. The Balaban J connectivity index is 1.63. The first-order valence-electron chi connectivity index (χ1n) is 11.9. The van der Waals surface area contributed by atoms with Gasteiger partial charge < -0.3 is 14.5 Å². The van der Waals surface area contributed by atoms with Gasteiger partial charge in [0, 0.05) is 6.54 Å². The van der Waals surface area contributed by atoms with E-state index in [-0.39, 0.29) is 18.2 Å². The summed E-state index contributed by atoms with van der Waals surface area (Å²) in [6, 6.07) is 10.5. The van der Waals surface area contributed by atoms with Crippen LogP contribution in [0, 0.1) is 5.92 Å². The summed E-state index contributed by atoms with van der Waals surface area (Å²) < 4.78 is 5.94. The number of carbonyl (C=O) groups is 1. The van der Waals surface area contributed by atoms with Gasteiger partial charge in [0.25, 0.3) is 0 Å². The van der Waals surface area contributed by atoms with Crippen molar-refractivity contribution in [2.75, 3.05) is 26.2 Å². The fourth-order valence-corrected chi connectivity index (χ4v) is 5.00. The number of hydrogen-bond acceptors (Lipinski definition) is 3. The van der Waals surface area contributed by atoms with E-state index in [9.17, 15) is 4.79 Å². The first kappa shape index (κ1) is 22.1. The number of hydrogen-bond donors (Lipinski definition) is 0. The lowest BCUT2D eigenvalue weighted by Crippen LogP contribution is -2.41. The van der Waals surface area contributed by atoms with E-state index in [0.717, 1.165) is 31.5 Å². The molecular weight excluding hydrogens is 360 g/mol. The first-order chi connectivity index (χ1) is 14.2. The standard InChI is InChI=1S/C25H40N2O2/c1-3-4-5-8-14-21(2)23-24(22-15-9-6-10-16-22)29-25(28)27(23)20-13-19-26-17-11-7-12-18-26/h6,9-10,15-16,21,23-24H,3-5,7-8,11-14,17-20H2,1-2H3. The number of rotatable bonds is 11. The Bertz CT molecular complexity index is 600. The number of piperidine rings is 1. The summed E-state index contributed by atoms with van der Waals surface area (Å²) in [4.78, 5) is 17.4. The summed E-state index contributed by atoms with van der Waals surface area (Å²) in [6.07, 6.45) is 11.0. The quantitative estimate of drug-likeness (QED) is 0.425. The Morgan fingerprint density at radius 3 is 2.48 bits per heavy atom. The zero-order valence-corrected chi connectivity index (χ0v) is 18.5. The minimum atomic E-state index is -0.139. The van der Waals surface area contributed by atoms with Crippen molar-refractivity contribution in [2.45, 2.75) is 83.8 Å². The van der Waals surface area contributed by atoms with Crippen LogP contribution in [-0.2, 0) is 4.74 Å². The lowest BCUT2D eigenvalue weighted by Gasteiger charge is -2.31. The normalized spacial score (nSPS) is 23.9. The van der Waals surface area contributed by atoms with Gasteiger partial charge in [-0.05, 0) is 56.8 Å². The second-order valence-electron chi connectivity index (χ2n) is 8.98. The molecule has 3 rings (SSSR count). The van der Waals surface area contributed by atoms with Crippen molar-refractivity contribution >= 4 is 6.09 Å². The monoisotopic (exact) mass is 400 g/mol. The number of likely N-dealkylation sites (tertiary alicyclic amines) is 1. The highest BCUT2D eigenvalue weighted by molar-refractivity contribution is 5.71. The third-order valence-corrected chi connectivity index (χ3v) is 6.68. The molecule has 2 fully saturated rings. The van der Waals surface area contributed by atoms with E-state index in [1.807, 2.05) is 23.1 Å². The Morgan fingerprint density at radius 2 is 1.76 bits per heavy atom. The molecule has 0 aromatic heterocycles. The van der Waals surface area contributed by atoms with Crippen LogP contribution in [0.5, 0.6) is 0 Å². The number of nitrogens with zero attached hydrogens (tertiary/aromatic N) is 2. The molecular formula is C25H40N2O2. The Labute approximate surface area is 177 Å². The van der Waals surface area contributed by atoms with Crippen LogP contribution in [0.2, 0.25) is 0 Å². The molecule has 2 aliphatic heterocycles. The van der Waals surface area contributed by atoms with Gasteiger partial charge in [0.2, 0.25) is 0 Å². The number of ether oxygens (including phenoxy) is 1. The van der Waals surface area contributed by atoms with Gasteiger partial charge in [0.15, 0.2) is 0 Å². The summed E-state index contributed by atoms with van der Waals surface area (Å²) in [5, 5.41) is 0. The van der Waals surface area contributed by atoms with Crippen LogP contribution in [0.1, 0.15) is 83.3 Å². The Hall–Kier alpha value is -1.55. The van der Waals surface area contributed by atoms with E-state index in [1.54, 1.807) is 0 Å². The minimum Gasteiger partial charge on any atom is -0.439 e. The summed E-state index contributed by atoms with van der Waals surface area (Å²) in [5.41, 5.74) is 1.13. The number of unbranched alkanes of at least 4 members (excludes halogenated alkanes) is 3. The number of carbonyl (C=O) groups excluding carboxylic acids is 1. The van der Waals surface area contributed by atoms with E-state index >= 15 is 0 Å². The van der Waals surface area contributed by atoms with Crippen LogP contribution >= 0.6 is 0 Å². The topological polar surface area (TPSA) is 32.8 Å². The molecule has 0 radical (unpaired) electrons. The molecule has 3 unspecified atom stereocenters. The van der Waals surface area contributed by atoms with Crippen molar-refractivity contribution in [2.24, 2.45) is 5.92 Å². The van der Waals surface area contributed by atoms with Crippen LogP contribution in [0.3, 0.4) is 0 Å². The molecule has 0 spiro atoms.